The minimum atomic E-state index is -0.917. The lowest BCUT2D eigenvalue weighted by Gasteiger charge is -2.30. The van der Waals surface area contributed by atoms with Gasteiger partial charge in [-0.1, -0.05) is 6.92 Å². The van der Waals surface area contributed by atoms with Crippen LogP contribution in [0.2, 0.25) is 0 Å². The van der Waals surface area contributed by atoms with E-state index in [1.54, 1.807) is 11.7 Å². The average molecular weight is 268 g/mol. The Kier molecular flexibility index (Phi) is 5.50. The molecule has 1 atom stereocenters. The zero-order valence-corrected chi connectivity index (χ0v) is 12.4. The molecule has 0 bridgehead atoms. The molecular formula is C13H24N4O2. The van der Waals surface area contributed by atoms with E-state index in [0.29, 0.717) is 12.6 Å². The summed E-state index contributed by atoms with van der Waals surface area (Å²) in [6, 6.07) is 0.358. The Morgan fingerprint density at radius 3 is 2.63 bits per heavy atom. The zero-order valence-electron chi connectivity index (χ0n) is 12.4. The fourth-order valence-electron chi connectivity index (χ4n) is 2.24. The zero-order chi connectivity index (χ0) is 14.6. The monoisotopic (exact) mass is 268 g/mol. The lowest BCUT2D eigenvalue weighted by atomic mass is 10.2. The topological polar surface area (TPSA) is 61.6 Å². The number of rotatable bonds is 7. The second-order valence-corrected chi connectivity index (χ2v) is 5.11. The van der Waals surface area contributed by atoms with Crippen molar-refractivity contribution in [3.8, 4) is 0 Å². The van der Waals surface area contributed by atoms with Crippen LogP contribution in [0.5, 0.6) is 0 Å². The van der Waals surface area contributed by atoms with Crippen molar-refractivity contribution in [3.63, 3.8) is 0 Å². The summed E-state index contributed by atoms with van der Waals surface area (Å²) in [5.41, 5.74) is 1.04. The van der Waals surface area contributed by atoms with E-state index < -0.39 is 5.97 Å². The number of aromatic carboxylic acids is 1. The number of nitrogens with zero attached hydrogens (tertiary/aromatic N) is 4. The van der Waals surface area contributed by atoms with Crippen LogP contribution in [0.1, 0.15) is 29.9 Å². The van der Waals surface area contributed by atoms with Gasteiger partial charge in [-0.2, -0.15) is 5.10 Å². The van der Waals surface area contributed by atoms with Gasteiger partial charge < -0.3 is 10.0 Å². The summed E-state index contributed by atoms with van der Waals surface area (Å²) in [7, 11) is 5.86. The van der Waals surface area contributed by atoms with Gasteiger partial charge in [-0.15, -0.1) is 0 Å². The Morgan fingerprint density at radius 2 is 2.16 bits per heavy atom. The lowest BCUT2D eigenvalue weighted by molar-refractivity contribution is 0.0693. The number of carbonyl (C=O) groups is 1. The van der Waals surface area contributed by atoms with Gasteiger partial charge in [0.15, 0.2) is 0 Å². The molecule has 0 amide bonds. The molecule has 0 fully saturated rings. The molecule has 6 heteroatoms. The van der Waals surface area contributed by atoms with E-state index in [9.17, 15) is 4.79 Å². The predicted octanol–water partition coefficient (Wildman–Crippen LogP) is 0.890. The summed E-state index contributed by atoms with van der Waals surface area (Å²) in [5, 5.41) is 13.2. The van der Waals surface area contributed by atoms with Gasteiger partial charge in [0.05, 0.1) is 11.9 Å². The number of hydrogen-bond donors (Lipinski definition) is 1. The molecule has 1 unspecified atom stereocenters. The maximum absolute atomic E-state index is 11.2. The maximum atomic E-state index is 11.2. The van der Waals surface area contributed by atoms with Gasteiger partial charge in [-0.3, -0.25) is 9.58 Å². The van der Waals surface area contributed by atoms with E-state index in [0.717, 1.165) is 18.8 Å². The number of likely N-dealkylation sites (N-methyl/N-ethyl adjacent to an activating group) is 2. The van der Waals surface area contributed by atoms with Crippen molar-refractivity contribution in [2.24, 2.45) is 7.05 Å². The molecule has 0 radical (unpaired) electrons. The van der Waals surface area contributed by atoms with Crippen LogP contribution in [-0.2, 0) is 13.6 Å². The maximum Gasteiger partial charge on any atom is 0.339 e. The fourth-order valence-corrected chi connectivity index (χ4v) is 2.24. The highest BCUT2D eigenvalue weighted by Gasteiger charge is 2.20. The highest BCUT2D eigenvalue weighted by Crippen LogP contribution is 2.13. The summed E-state index contributed by atoms with van der Waals surface area (Å²) in [5.74, 6) is -0.917. The van der Waals surface area contributed by atoms with Crippen molar-refractivity contribution in [1.29, 1.82) is 0 Å². The molecule has 0 aliphatic heterocycles. The Hall–Kier alpha value is -1.40. The summed E-state index contributed by atoms with van der Waals surface area (Å²) in [6.45, 7) is 6.65. The predicted molar refractivity (Wildman–Crippen MR) is 74.3 cm³/mol. The SMILES string of the molecule is CCN(Cc1c(C(=O)O)cnn1C)C(C)CN(C)C. The van der Waals surface area contributed by atoms with E-state index in [1.165, 1.54) is 6.20 Å². The van der Waals surface area contributed by atoms with Crippen molar-refractivity contribution in [3.05, 3.63) is 17.5 Å². The van der Waals surface area contributed by atoms with Gasteiger partial charge in [0.1, 0.15) is 5.56 Å². The number of hydrogen-bond acceptors (Lipinski definition) is 4. The van der Waals surface area contributed by atoms with Crippen LogP contribution in [0.25, 0.3) is 0 Å². The van der Waals surface area contributed by atoms with Crippen molar-refractivity contribution in [2.75, 3.05) is 27.2 Å². The first-order chi connectivity index (χ1) is 8.86. The largest absolute Gasteiger partial charge is 0.478 e. The molecule has 1 rings (SSSR count). The number of carboxylic acids is 1. The molecule has 6 nitrogen and oxygen atoms in total. The molecule has 108 valence electrons. The van der Waals surface area contributed by atoms with Crippen LogP contribution in [-0.4, -0.2) is 63.9 Å². The molecular weight excluding hydrogens is 244 g/mol. The minimum absolute atomic E-state index is 0.290. The Labute approximate surface area is 114 Å². The fraction of sp³-hybridized carbons (Fsp3) is 0.692. The standard InChI is InChI=1S/C13H24N4O2/c1-6-17(10(2)8-15(3)4)9-12-11(13(18)19)7-14-16(12)5/h7,10H,6,8-9H2,1-5H3,(H,18,19). The second kappa shape index (κ2) is 6.68. The van der Waals surface area contributed by atoms with Gasteiger partial charge >= 0.3 is 5.97 Å². The smallest absolute Gasteiger partial charge is 0.339 e. The van der Waals surface area contributed by atoms with Gasteiger partial charge in [-0.25, -0.2) is 4.79 Å². The first-order valence-electron chi connectivity index (χ1n) is 6.49. The Bertz CT molecular complexity index is 428. The van der Waals surface area contributed by atoms with Crippen LogP contribution in [0.3, 0.4) is 0 Å². The number of aryl methyl sites for hydroxylation is 1. The molecule has 0 saturated heterocycles. The van der Waals surface area contributed by atoms with Crippen molar-refractivity contribution in [2.45, 2.75) is 26.4 Å². The van der Waals surface area contributed by atoms with Crippen molar-refractivity contribution >= 4 is 5.97 Å². The number of aromatic nitrogens is 2. The Balaban J connectivity index is 2.86. The van der Waals surface area contributed by atoms with Gasteiger partial charge in [0, 0.05) is 26.2 Å². The molecule has 1 heterocycles. The minimum Gasteiger partial charge on any atom is -0.478 e. The summed E-state index contributed by atoms with van der Waals surface area (Å²) < 4.78 is 1.65. The molecule has 19 heavy (non-hydrogen) atoms. The highest BCUT2D eigenvalue weighted by atomic mass is 16.4. The molecule has 0 aliphatic rings. The first kappa shape index (κ1) is 15.7. The third-order valence-corrected chi connectivity index (χ3v) is 3.30. The van der Waals surface area contributed by atoms with E-state index >= 15 is 0 Å². The molecule has 1 aromatic heterocycles. The molecule has 0 saturated carbocycles. The van der Waals surface area contributed by atoms with Crippen LogP contribution in [0, 0.1) is 0 Å². The average Bonchev–Trinajstić information content (AvgIpc) is 2.66. The Morgan fingerprint density at radius 1 is 1.53 bits per heavy atom. The third kappa shape index (κ3) is 4.04. The number of carboxylic acid groups (broad SMARTS) is 1. The third-order valence-electron chi connectivity index (χ3n) is 3.30. The lowest BCUT2D eigenvalue weighted by Crippen LogP contribution is -2.40. The van der Waals surface area contributed by atoms with Crippen LogP contribution >= 0.6 is 0 Å². The van der Waals surface area contributed by atoms with Crippen molar-refractivity contribution < 1.29 is 9.90 Å². The van der Waals surface area contributed by atoms with Crippen LogP contribution in [0.15, 0.2) is 6.20 Å². The first-order valence-corrected chi connectivity index (χ1v) is 6.49. The van der Waals surface area contributed by atoms with E-state index in [4.69, 9.17) is 5.11 Å². The van der Waals surface area contributed by atoms with Crippen LogP contribution in [0.4, 0.5) is 0 Å². The molecule has 0 aromatic carbocycles. The molecule has 0 spiro atoms. The second-order valence-electron chi connectivity index (χ2n) is 5.11. The molecule has 0 aliphatic carbocycles. The summed E-state index contributed by atoms with van der Waals surface area (Å²) in [4.78, 5) is 15.6. The normalized spacial score (nSPS) is 13.2. The van der Waals surface area contributed by atoms with Gasteiger partial charge in [0.2, 0.25) is 0 Å². The highest BCUT2D eigenvalue weighted by molar-refractivity contribution is 5.88. The summed E-state index contributed by atoms with van der Waals surface area (Å²) >= 11 is 0. The van der Waals surface area contributed by atoms with Crippen molar-refractivity contribution in [1.82, 2.24) is 19.6 Å². The van der Waals surface area contributed by atoms with Gasteiger partial charge in [-0.05, 0) is 27.6 Å². The quantitative estimate of drug-likeness (QED) is 0.796. The summed E-state index contributed by atoms with van der Waals surface area (Å²) in [6.07, 6.45) is 1.42. The van der Waals surface area contributed by atoms with E-state index in [1.807, 2.05) is 14.1 Å². The van der Waals surface area contributed by atoms with E-state index in [-0.39, 0.29) is 5.56 Å². The molecule has 1 aromatic rings. The van der Waals surface area contributed by atoms with Gasteiger partial charge in [0.25, 0.3) is 0 Å². The molecule has 1 N–H and O–H groups in total. The van der Waals surface area contributed by atoms with Crippen LogP contribution < -0.4 is 0 Å². The van der Waals surface area contributed by atoms with E-state index in [2.05, 4.69) is 28.7 Å².